The Labute approximate surface area is 161 Å². The minimum atomic E-state index is 0.0664. The highest BCUT2D eigenvalue weighted by Gasteiger charge is 2.26. The van der Waals surface area contributed by atoms with Crippen molar-refractivity contribution >= 4 is 33.3 Å². The van der Waals surface area contributed by atoms with Gasteiger partial charge in [0, 0.05) is 10.6 Å². The molecule has 5 heteroatoms. The van der Waals surface area contributed by atoms with Crippen molar-refractivity contribution in [1.29, 1.82) is 0 Å². The lowest BCUT2D eigenvalue weighted by Gasteiger charge is -2.19. The fourth-order valence-electron chi connectivity index (χ4n) is 3.61. The second kappa shape index (κ2) is 7.05. The molecule has 1 atom stereocenters. The predicted octanol–water partition coefficient (Wildman–Crippen LogP) is 5.56. The van der Waals surface area contributed by atoms with Crippen LogP contribution in [0.25, 0.3) is 15.9 Å². The Morgan fingerprint density at radius 1 is 1.38 bits per heavy atom. The summed E-state index contributed by atoms with van der Waals surface area (Å²) in [6.45, 7) is 8.23. The second-order valence-electron chi connectivity index (χ2n) is 7.03. The smallest absolute Gasteiger partial charge is 0.267 e. The normalized spacial score (nSPS) is 16.6. The van der Waals surface area contributed by atoms with E-state index in [-0.39, 0.29) is 5.56 Å². The van der Waals surface area contributed by atoms with E-state index in [4.69, 9.17) is 4.98 Å². The lowest BCUT2D eigenvalue weighted by Crippen LogP contribution is -2.22. The van der Waals surface area contributed by atoms with Gasteiger partial charge in [-0.2, -0.15) is 0 Å². The van der Waals surface area contributed by atoms with Gasteiger partial charge in [0.25, 0.3) is 5.56 Å². The molecule has 3 nitrogen and oxygen atoms in total. The van der Waals surface area contributed by atoms with Crippen molar-refractivity contribution in [2.45, 2.75) is 44.2 Å². The van der Waals surface area contributed by atoms with Crippen molar-refractivity contribution in [2.75, 3.05) is 5.75 Å². The second-order valence-corrected chi connectivity index (χ2v) is 9.05. The minimum absolute atomic E-state index is 0.0664. The van der Waals surface area contributed by atoms with Gasteiger partial charge in [-0.25, -0.2) is 4.98 Å². The van der Waals surface area contributed by atoms with Crippen LogP contribution in [0.4, 0.5) is 0 Å². The molecule has 0 aliphatic heterocycles. The molecule has 1 aliphatic carbocycles. The summed E-state index contributed by atoms with van der Waals surface area (Å²) in [5.41, 5.74) is 3.26. The minimum Gasteiger partial charge on any atom is -0.268 e. The molecule has 0 saturated carbocycles. The number of aryl methyl sites for hydroxylation is 1. The zero-order valence-electron chi connectivity index (χ0n) is 15.1. The molecule has 3 aromatic rings. The van der Waals surface area contributed by atoms with Crippen molar-refractivity contribution in [2.24, 2.45) is 0 Å². The quantitative estimate of drug-likeness (QED) is 0.337. The third-order valence-corrected chi connectivity index (χ3v) is 7.13. The summed E-state index contributed by atoms with van der Waals surface area (Å²) in [6, 6.07) is 9.84. The standard InChI is InChI=1S/C21H22N2OS2/c1-13(2)12-25-21-22-19-18(17-14(3)8-7-11-16(17)26-19)20(24)23(21)15-9-5-4-6-10-15/h4-6,9-10,14H,1,7-8,11-12H2,2-3H3. The van der Waals surface area contributed by atoms with Gasteiger partial charge in [-0.15, -0.1) is 11.3 Å². The number of para-hydroxylation sites is 1. The van der Waals surface area contributed by atoms with Gasteiger partial charge in [0.05, 0.1) is 11.1 Å². The highest BCUT2D eigenvalue weighted by atomic mass is 32.2. The van der Waals surface area contributed by atoms with Gasteiger partial charge in [0.2, 0.25) is 0 Å². The highest BCUT2D eigenvalue weighted by molar-refractivity contribution is 7.99. The van der Waals surface area contributed by atoms with E-state index >= 15 is 0 Å². The Morgan fingerprint density at radius 2 is 2.15 bits per heavy atom. The Kier molecular flexibility index (Phi) is 4.76. The van der Waals surface area contributed by atoms with Crippen LogP contribution in [0, 0.1) is 0 Å². The zero-order chi connectivity index (χ0) is 18.3. The fraction of sp³-hybridized carbons (Fsp3) is 0.333. The summed E-state index contributed by atoms with van der Waals surface area (Å²) in [4.78, 5) is 20.7. The van der Waals surface area contributed by atoms with Crippen LogP contribution in [-0.2, 0) is 6.42 Å². The molecule has 134 valence electrons. The predicted molar refractivity (Wildman–Crippen MR) is 112 cm³/mol. The van der Waals surface area contributed by atoms with Gasteiger partial charge in [-0.1, -0.05) is 49.0 Å². The van der Waals surface area contributed by atoms with E-state index in [2.05, 4.69) is 13.5 Å². The van der Waals surface area contributed by atoms with Crippen LogP contribution < -0.4 is 5.56 Å². The maximum Gasteiger partial charge on any atom is 0.267 e. The molecule has 1 unspecified atom stereocenters. The van der Waals surface area contributed by atoms with E-state index in [1.165, 1.54) is 16.9 Å². The van der Waals surface area contributed by atoms with E-state index in [1.807, 2.05) is 37.3 Å². The lowest BCUT2D eigenvalue weighted by molar-refractivity contribution is 0.601. The largest absolute Gasteiger partial charge is 0.268 e. The van der Waals surface area contributed by atoms with Crippen LogP contribution >= 0.6 is 23.1 Å². The average Bonchev–Trinajstić information content (AvgIpc) is 3.00. The average molecular weight is 383 g/mol. The SMILES string of the molecule is C=C(C)CSc1nc2sc3c(c2c(=O)n1-c1ccccc1)C(C)CCC3. The summed E-state index contributed by atoms with van der Waals surface area (Å²) in [7, 11) is 0. The van der Waals surface area contributed by atoms with Crippen LogP contribution in [0.5, 0.6) is 0 Å². The molecule has 2 heterocycles. The third kappa shape index (κ3) is 3.03. The van der Waals surface area contributed by atoms with Gasteiger partial charge in [-0.05, 0) is 49.8 Å². The number of hydrogen-bond donors (Lipinski definition) is 0. The zero-order valence-corrected chi connectivity index (χ0v) is 16.8. The van der Waals surface area contributed by atoms with E-state index in [0.717, 1.165) is 45.2 Å². The number of hydrogen-bond acceptors (Lipinski definition) is 4. The number of rotatable bonds is 4. The molecule has 1 aromatic carbocycles. The third-order valence-electron chi connectivity index (χ3n) is 4.80. The molecule has 4 rings (SSSR count). The lowest BCUT2D eigenvalue weighted by atomic mass is 9.88. The molecule has 0 bridgehead atoms. The first-order chi connectivity index (χ1) is 12.6. The van der Waals surface area contributed by atoms with Gasteiger partial charge in [-0.3, -0.25) is 9.36 Å². The molecule has 26 heavy (non-hydrogen) atoms. The number of benzene rings is 1. The van der Waals surface area contributed by atoms with Crippen LogP contribution in [0.15, 0.2) is 52.4 Å². The van der Waals surface area contributed by atoms with Crippen molar-refractivity contribution in [1.82, 2.24) is 9.55 Å². The molecular formula is C21H22N2OS2. The Bertz CT molecular complexity index is 1030. The molecule has 0 fully saturated rings. The highest BCUT2D eigenvalue weighted by Crippen LogP contribution is 2.40. The van der Waals surface area contributed by atoms with E-state index in [9.17, 15) is 4.79 Å². The Balaban J connectivity index is 2.00. The molecule has 0 amide bonds. The Morgan fingerprint density at radius 3 is 2.88 bits per heavy atom. The summed E-state index contributed by atoms with van der Waals surface area (Å²) in [5.74, 6) is 1.19. The molecular weight excluding hydrogens is 360 g/mol. The fourth-order valence-corrected chi connectivity index (χ4v) is 5.84. The summed E-state index contributed by atoms with van der Waals surface area (Å²) < 4.78 is 1.78. The van der Waals surface area contributed by atoms with Crippen molar-refractivity contribution in [3.8, 4) is 5.69 Å². The number of aromatic nitrogens is 2. The first-order valence-electron chi connectivity index (χ1n) is 8.97. The summed E-state index contributed by atoms with van der Waals surface area (Å²) in [6.07, 6.45) is 3.42. The van der Waals surface area contributed by atoms with Crippen LogP contribution in [-0.4, -0.2) is 15.3 Å². The first kappa shape index (κ1) is 17.6. The molecule has 0 N–H and O–H groups in total. The van der Waals surface area contributed by atoms with Crippen molar-refractivity contribution < 1.29 is 0 Å². The van der Waals surface area contributed by atoms with Crippen molar-refractivity contribution in [3.05, 3.63) is 63.3 Å². The number of thioether (sulfide) groups is 1. The topological polar surface area (TPSA) is 34.9 Å². The summed E-state index contributed by atoms with van der Waals surface area (Å²) in [5, 5.41) is 1.59. The maximum absolute atomic E-state index is 13.6. The summed E-state index contributed by atoms with van der Waals surface area (Å²) >= 11 is 3.29. The van der Waals surface area contributed by atoms with Crippen molar-refractivity contribution in [3.63, 3.8) is 0 Å². The van der Waals surface area contributed by atoms with Crippen LogP contribution in [0.3, 0.4) is 0 Å². The molecule has 0 spiro atoms. The number of fused-ring (bicyclic) bond motifs is 3. The molecule has 1 aliphatic rings. The van der Waals surface area contributed by atoms with E-state index in [0.29, 0.717) is 5.92 Å². The molecule has 0 saturated heterocycles. The first-order valence-corrected chi connectivity index (χ1v) is 10.8. The van der Waals surface area contributed by atoms with E-state index < -0.39 is 0 Å². The van der Waals surface area contributed by atoms with Gasteiger partial charge in [0.15, 0.2) is 5.16 Å². The number of thiophene rings is 1. The molecule has 2 aromatic heterocycles. The van der Waals surface area contributed by atoms with Crippen LogP contribution in [0.2, 0.25) is 0 Å². The number of nitrogens with zero attached hydrogens (tertiary/aromatic N) is 2. The van der Waals surface area contributed by atoms with Gasteiger partial charge < -0.3 is 0 Å². The Hall–Kier alpha value is -1.85. The van der Waals surface area contributed by atoms with Gasteiger partial charge >= 0.3 is 0 Å². The van der Waals surface area contributed by atoms with Crippen LogP contribution in [0.1, 0.15) is 43.0 Å². The molecule has 0 radical (unpaired) electrons. The van der Waals surface area contributed by atoms with Gasteiger partial charge in [0.1, 0.15) is 4.83 Å². The monoisotopic (exact) mass is 382 g/mol. The maximum atomic E-state index is 13.6. The van der Waals surface area contributed by atoms with E-state index in [1.54, 1.807) is 27.7 Å².